The number of aryl methyl sites for hydroxylation is 2. The Morgan fingerprint density at radius 1 is 1.00 bits per heavy atom. The van der Waals surface area contributed by atoms with Crippen molar-refractivity contribution in [1.82, 2.24) is 14.5 Å². The van der Waals surface area contributed by atoms with Crippen LogP contribution < -0.4 is 5.56 Å². The summed E-state index contributed by atoms with van der Waals surface area (Å²) in [5.74, 6) is 0. The van der Waals surface area contributed by atoms with Crippen LogP contribution in [-0.2, 0) is 13.0 Å². The van der Waals surface area contributed by atoms with Crippen molar-refractivity contribution in [3.8, 4) is 17.2 Å². The van der Waals surface area contributed by atoms with E-state index in [0.717, 1.165) is 23.1 Å². The van der Waals surface area contributed by atoms with E-state index in [-0.39, 0.29) is 5.56 Å². The summed E-state index contributed by atoms with van der Waals surface area (Å²) in [6.45, 7) is 0.544. The summed E-state index contributed by atoms with van der Waals surface area (Å²) in [5.41, 5.74) is 5.09. The molecule has 0 saturated carbocycles. The Balaban J connectivity index is 1.52. The Labute approximate surface area is 172 Å². The SMILES string of the molecule is N#Cc1ccccc1-c1ccc2ncn(CCc3c[nH]c4ccccc34)c(=O)c2c1. The Bertz CT molecular complexity index is 1490. The van der Waals surface area contributed by atoms with E-state index < -0.39 is 0 Å². The number of nitrogens with one attached hydrogen (secondary N) is 1. The van der Waals surface area contributed by atoms with Crippen LogP contribution in [0.25, 0.3) is 32.9 Å². The predicted molar refractivity (Wildman–Crippen MR) is 118 cm³/mol. The molecule has 0 saturated heterocycles. The molecule has 3 aromatic carbocycles. The molecule has 0 fully saturated rings. The molecule has 2 heterocycles. The standard InChI is InChI=1S/C25H18N4O/c26-14-18-5-1-2-6-20(18)17-9-10-24-22(13-17)25(30)29(16-28-24)12-11-19-15-27-23-8-4-3-7-21(19)23/h1-10,13,15-16,27H,11-12H2. The topological polar surface area (TPSA) is 74.5 Å². The van der Waals surface area contributed by atoms with Crippen LogP contribution in [0, 0.1) is 11.3 Å². The fourth-order valence-electron chi connectivity index (χ4n) is 3.90. The van der Waals surface area contributed by atoms with Crippen LogP contribution in [0.4, 0.5) is 0 Å². The van der Waals surface area contributed by atoms with Crippen LogP contribution in [0.3, 0.4) is 0 Å². The first kappa shape index (κ1) is 17.9. The third-order valence-electron chi connectivity index (χ3n) is 5.48. The summed E-state index contributed by atoms with van der Waals surface area (Å²) >= 11 is 0. The van der Waals surface area contributed by atoms with E-state index in [1.807, 2.05) is 60.8 Å². The minimum atomic E-state index is -0.0730. The molecule has 0 amide bonds. The first-order valence-electron chi connectivity index (χ1n) is 9.78. The van der Waals surface area contributed by atoms with Gasteiger partial charge in [-0.15, -0.1) is 0 Å². The largest absolute Gasteiger partial charge is 0.361 e. The molecule has 5 heteroatoms. The molecular weight excluding hydrogens is 372 g/mol. The second-order valence-corrected chi connectivity index (χ2v) is 7.24. The average Bonchev–Trinajstić information content (AvgIpc) is 3.22. The molecule has 0 aliphatic rings. The lowest BCUT2D eigenvalue weighted by atomic mass is 9.99. The highest BCUT2D eigenvalue weighted by molar-refractivity contribution is 5.85. The Morgan fingerprint density at radius 2 is 1.83 bits per heavy atom. The highest BCUT2D eigenvalue weighted by Gasteiger charge is 2.10. The normalized spacial score (nSPS) is 11.0. The van der Waals surface area contributed by atoms with Gasteiger partial charge in [-0.3, -0.25) is 9.36 Å². The van der Waals surface area contributed by atoms with Gasteiger partial charge in [-0.1, -0.05) is 42.5 Å². The number of aromatic amines is 1. The first-order valence-corrected chi connectivity index (χ1v) is 9.78. The zero-order valence-corrected chi connectivity index (χ0v) is 16.2. The highest BCUT2D eigenvalue weighted by Crippen LogP contribution is 2.25. The second-order valence-electron chi connectivity index (χ2n) is 7.24. The highest BCUT2D eigenvalue weighted by atomic mass is 16.1. The van der Waals surface area contributed by atoms with Crippen LogP contribution >= 0.6 is 0 Å². The number of rotatable bonds is 4. The van der Waals surface area contributed by atoms with Crippen LogP contribution in [0.2, 0.25) is 0 Å². The van der Waals surface area contributed by atoms with Crippen LogP contribution in [-0.4, -0.2) is 14.5 Å². The maximum atomic E-state index is 13.1. The van der Waals surface area contributed by atoms with Gasteiger partial charge in [0.15, 0.2) is 0 Å². The molecular formula is C25H18N4O. The lowest BCUT2D eigenvalue weighted by Crippen LogP contribution is -2.21. The van der Waals surface area contributed by atoms with Crippen LogP contribution in [0.1, 0.15) is 11.1 Å². The number of aromatic nitrogens is 3. The maximum Gasteiger partial charge on any atom is 0.261 e. The quantitative estimate of drug-likeness (QED) is 0.485. The zero-order chi connectivity index (χ0) is 20.5. The molecule has 2 aromatic heterocycles. The molecule has 0 bridgehead atoms. The number of H-pyrrole nitrogens is 1. The van der Waals surface area contributed by atoms with E-state index in [1.165, 1.54) is 10.9 Å². The van der Waals surface area contributed by atoms with Gasteiger partial charge in [0, 0.05) is 23.6 Å². The molecule has 5 aromatic rings. The lowest BCUT2D eigenvalue weighted by molar-refractivity contribution is 0.664. The number of hydrogen-bond donors (Lipinski definition) is 1. The molecule has 0 atom stereocenters. The lowest BCUT2D eigenvalue weighted by Gasteiger charge is -2.09. The number of para-hydroxylation sites is 1. The average molecular weight is 390 g/mol. The van der Waals surface area contributed by atoms with Crippen molar-refractivity contribution in [2.24, 2.45) is 0 Å². The summed E-state index contributed by atoms with van der Waals surface area (Å²) in [5, 5.41) is 11.1. The van der Waals surface area contributed by atoms with Gasteiger partial charge in [-0.2, -0.15) is 5.26 Å². The van der Waals surface area contributed by atoms with Crippen molar-refractivity contribution >= 4 is 21.8 Å². The van der Waals surface area contributed by atoms with E-state index >= 15 is 0 Å². The van der Waals surface area contributed by atoms with Crippen molar-refractivity contribution in [2.75, 3.05) is 0 Å². The minimum Gasteiger partial charge on any atom is -0.361 e. The van der Waals surface area contributed by atoms with Crippen molar-refractivity contribution in [2.45, 2.75) is 13.0 Å². The number of nitriles is 1. The zero-order valence-electron chi connectivity index (χ0n) is 16.2. The van der Waals surface area contributed by atoms with Crippen LogP contribution in [0.15, 0.2) is 84.0 Å². The fraction of sp³-hybridized carbons (Fsp3) is 0.0800. The molecule has 0 unspecified atom stereocenters. The summed E-state index contributed by atoms with van der Waals surface area (Å²) in [7, 11) is 0. The number of benzene rings is 3. The van der Waals surface area contributed by atoms with Gasteiger partial charge in [0.1, 0.15) is 0 Å². The van der Waals surface area contributed by atoms with E-state index in [2.05, 4.69) is 22.1 Å². The molecule has 0 aliphatic carbocycles. The van der Waals surface area contributed by atoms with Gasteiger partial charge in [-0.05, 0) is 47.4 Å². The molecule has 5 rings (SSSR count). The van der Waals surface area contributed by atoms with Crippen LogP contribution in [0.5, 0.6) is 0 Å². The summed E-state index contributed by atoms with van der Waals surface area (Å²) in [6.07, 6.45) is 4.34. The van der Waals surface area contributed by atoms with E-state index in [4.69, 9.17) is 0 Å². The number of hydrogen-bond acceptors (Lipinski definition) is 3. The molecule has 1 N–H and O–H groups in total. The molecule has 30 heavy (non-hydrogen) atoms. The van der Waals surface area contributed by atoms with Crippen molar-refractivity contribution in [3.05, 3.63) is 101 Å². The summed E-state index contributed by atoms with van der Waals surface area (Å²) in [4.78, 5) is 20.9. The first-order chi connectivity index (χ1) is 14.7. The monoisotopic (exact) mass is 390 g/mol. The van der Waals surface area contributed by atoms with E-state index in [0.29, 0.717) is 23.0 Å². The molecule has 0 aliphatic heterocycles. The van der Waals surface area contributed by atoms with Gasteiger partial charge in [0.05, 0.1) is 28.9 Å². The predicted octanol–water partition coefficient (Wildman–Crippen LogP) is 4.66. The summed E-state index contributed by atoms with van der Waals surface area (Å²) in [6, 6.07) is 23.3. The van der Waals surface area contributed by atoms with Gasteiger partial charge in [0.25, 0.3) is 5.56 Å². The summed E-state index contributed by atoms with van der Waals surface area (Å²) < 4.78 is 1.66. The molecule has 5 nitrogen and oxygen atoms in total. The fourth-order valence-corrected chi connectivity index (χ4v) is 3.90. The molecule has 144 valence electrons. The smallest absolute Gasteiger partial charge is 0.261 e. The number of fused-ring (bicyclic) bond motifs is 2. The van der Waals surface area contributed by atoms with Crippen molar-refractivity contribution < 1.29 is 0 Å². The van der Waals surface area contributed by atoms with Crippen molar-refractivity contribution in [1.29, 1.82) is 5.26 Å². The minimum absolute atomic E-state index is 0.0730. The molecule has 0 spiro atoms. The molecule has 0 radical (unpaired) electrons. The second kappa shape index (κ2) is 7.34. The van der Waals surface area contributed by atoms with Gasteiger partial charge in [-0.25, -0.2) is 4.98 Å². The maximum absolute atomic E-state index is 13.1. The van der Waals surface area contributed by atoms with Crippen molar-refractivity contribution in [3.63, 3.8) is 0 Å². The van der Waals surface area contributed by atoms with Gasteiger partial charge < -0.3 is 4.98 Å². The number of nitrogens with zero attached hydrogens (tertiary/aromatic N) is 3. The Kier molecular flexibility index (Phi) is 4.38. The Morgan fingerprint density at radius 3 is 2.73 bits per heavy atom. The Hall–Kier alpha value is -4.17. The van der Waals surface area contributed by atoms with Gasteiger partial charge >= 0.3 is 0 Å². The third kappa shape index (κ3) is 3.05. The van der Waals surface area contributed by atoms with E-state index in [1.54, 1.807) is 17.0 Å². The van der Waals surface area contributed by atoms with E-state index in [9.17, 15) is 10.1 Å². The van der Waals surface area contributed by atoms with Gasteiger partial charge in [0.2, 0.25) is 0 Å². The third-order valence-corrected chi connectivity index (χ3v) is 5.48.